The number of ether oxygens (including phenoxy) is 2. The van der Waals surface area contributed by atoms with E-state index in [-0.39, 0.29) is 36.9 Å². The van der Waals surface area contributed by atoms with Crippen LogP contribution >= 0.6 is 0 Å². The molecule has 3 aromatic rings. The van der Waals surface area contributed by atoms with Crippen LogP contribution < -0.4 is 10.6 Å². The summed E-state index contributed by atoms with van der Waals surface area (Å²) in [7, 11) is 1.36. The highest BCUT2D eigenvalue weighted by atomic mass is 16.5. The van der Waals surface area contributed by atoms with Crippen LogP contribution in [0.25, 0.3) is 0 Å². The highest BCUT2D eigenvalue weighted by molar-refractivity contribution is 6.00. The molecule has 36 heavy (non-hydrogen) atoms. The molecule has 0 radical (unpaired) electrons. The summed E-state index contributed by atoms with van der Waals surface area (Å²) in [5.41, 5.74) is 4.38. The average molecular weight is 490 g/mol. The molecule has 0 saturated carbocycles. The molecule has 0 fully saturated rings. The molecule has 2 heterocycles. The molecular weight excluding hydrogens is 458 g/mol. The Balaban J connectivity index is 1.47. The molecule has 1 aromatic heterocycles. The van der Waals surface area contributed by atoms with Gasteiger partial charge < -0.3 is 24.7 Å². The van der Waals surface area contributed by atoms with Crippen LogP contribution in [0.5, 0.6) is 0 Å². The van der Waals surface area contributed by atoms with Gasteiger partial charge in [0, 0.05) is 13.1 Å². The number of hydrogen-bond acceptors (Lipinski definition) is 5. The van der Waals surface area contributed by atoms with Crippen molar-refractivity contribution in [1.82, 2.24) is 15.2 Å². The Bertz CT molecular complexity index is 1220. The summed E-state index contributed by atoms with van der Waals surface area (Å²) < 4.78 is 12.2. The Labute approximate surface area is 210 Å². The molecule has 2 aromatic carbocycles. The first kappa shape index (κ1) is 25.2. The fourth-order valence-corrected chi connectivity index (χ4v) is 4.34. The molecule has 8 nitrogen and oxygen atoms in total. The lowest BCUT2D eigenvalue weighted by Gasteiger charge is -2.20. The molecule has 1 unspecified atom stereocenters. The number of methoxy groups -OCH3 is 1. The van der Waals surface area contributed by atoms with E-state index in [1.54, 1.807) is 6.07 Å². The molecule has 1 atom stereocenters. The van der Waals surface area contributed by atoms with Crippen molar-refractivity contribution in [2.75, 3.05) is 13.7 Å². The molecule has 0 aliphatic carbocycles. The van der Waals surface area contributed by atoms with Gasteiger partial charge in [-0.05, 0) is 29.2 Å². The summed E-state index contributed by atoms with van der Waals surface area (Å²) in [5, 5.41) is 6.05. The molecule has 2 N–H and O–H groups in total. The molecule has 8 heteroatoms. The second-order valence-corrected chi connectivity index (χ2v) is 8.69. The van der Waals surface area contributed by atoms with Gasteiger partial charge in [0.1, 0.15) is 5.69 Å². The second kappa shape index (κ2) is 11.7. The van der Waals surface area contributed by atoms with Crippen LogP contribution in [0.3, 0.4) is 0 Å². The highest BCUT2D eigenvalue weighted by Gasteiger charge is 2.27. The van der Waals surface area contributed by atoms with Crippen LogP contribution in [-0.2, 0) is 40.4 Å². The smallest absolute Gasteiger partial charge is 0.309 e. The van der Waals surface area contributed by atoms with Crippen molar-refractivity contribution in [2.45, 2.75) is 45.5 Å². The number of nitrogens with zero attached hydrogens (tertiary/aromatic N) is 1. The lowest BCUT2D eigenvalue weighted by molar-refractivity contribution is -0.139. The van der Waals surface area contributed by atoms with Gasteiger partial charge >= 0.3 is 5.97 Å². The van der Waals surface area contributed by atoms with Gasteiger partial charge in [0.25, 0.3) is 11.8 Å². The van der Waals surface area contributed by atoms with E-state index in [0.717, 1.165) is 23.1 Å². The summed E-state index contributed by atoms with van der Waals surface area (Å²) in [4.78, 5) is 37.8. The number of benzene rings is 2. The quantitative estimate of drug-likeness (QED) is 0.448. The Morgan fingerprint density at radius 1 is 1.03 bits per heavy atom. The van der Waals surface area contributed by atoms with E-state index in [1.165, 1.54) is 7.11 Å². The largest absolute Gasteiger partial charge is 0.469 e. The van der Waals surface area contributed by atoms with Gasteiger partial charge in [-0.2, -0.15) is 0 Å². The van der Waals surface area contributed by atoms with Gasteiger partial charge in [0.2, 0.25) is 0 Å². The van der Waals surface area contributed by atoms with Crippen molar-refractivity contribution in [3.63, 3.8) is 0 Å². The molecule has 0 saturated heterocycles. The van der Waals surface area contributed by atoms with E-state index in [4.69, 9.17) is 9.47 Å². The van der Waals surface area contributed by atoms with Gasteiger partial charge in [0.05, 0.1) is 44.0 Å². The van der Waals surface area contributed by atoms with Crippen molar-refractivity contribution in [2.24, 2.45) is 0 Å². The van der Waals surface area contributed by atoms with Gasteiger partial charge in [0.15, 0.2) is 0 Å². The van der Waals surface area contributed by atoms with E-state index in [9.17, 15) is 14.4 Å². The molecule has 0 spiro atoms. The maximum atomic E-state index is 13.3. The molecule has 1 aliphatic heterocycles. The summed E-state index contributed by atoms with van der Waals surface area (Å²) in [6.07, 6.45) is 0.948. The van der Waals surface area contributed by atoms with Crippen LogP contribution in [0.2, 0.25) is 0 Å². The lowest BCUT2D eigenvalue weighted by Crippen LogP contribution is -2.30. The number of esters is 1. The standard InChI is InChI=1S/C28H31N3O5/c1-3-23(21-7-5-4-6-8-21)30-27(33)22-16-24(31-13-14-36-18-25(22)31)28(34)29-17-20-11-9-19(10-12-20)15-26(32)35-2/h4-12,16,23H,3,13-15,17-18H2,1-2H3,(H,29,34)(H,30,33). The van der Waals surface area contributed by atoms with Crippen LogP contribution in [0.15, 0.2) is 60.7 Å². The van der Waals surface area contributed by atoms with E-state index < -0.39 is 0 Å². The first-order valence-corrected chi connectivity index (χ1v) is 12.1. The maximum absolute atomic E-state index is 13.3. The van der Waals surface area contributed by atoms with Gasteiger partial charge in [-0.1, -0.05) is 61.5 Å². The van der Waals surface area contributed by atoms with E-state index in [0.29, 0.717) is 36.6 Å². The fourth-order valence-electron chi connectivity index (χ4n) is 4.34. The number of hydrogen-bond donors (Lipinski definition) is 2. The maximum Gasteiger partial charge on any atom is 0.309 e. The van der Waals surface area contributed by atoms with Crippen LogP contribution in [0, 0.1) is 0 Å². The molecule has 188 valence electrons. The van der Waals surface area contributed by atoms with Crippen molar-refractivity contribution in [1.29, 1.82) is 0 Å². The molecule has 0 bridgehead atoms. The Morgan fingerprint density at radius 2 is 1.75 bits per heavy atom. The van der Waals surface area contributed by atoms with Crippen LogP contribution in [0.4, 0.5) is 0 Å². The first-order chi connectivity index (χ1) is 17.5. The third-order valence-electron chi connectivity index (χ3n) is 6.35. The SMILES string of the molecule is CCC(NC(=O)c1cc(C(=O)NCc2ccc(CC(=O)OC)cc2)n2c1COCC2)c1ccccc1. The minimum atomic E-state index is -0.299. The minimum absolute atomic E-state index is 0.127. The number of amides is 2. The fraction of sp³-hybridized carbons (Fsp3) is 0.321. The summed E-state index contributed by atoms with van der Waals surface area (Å²) in [6, 6.07) is 18.8. The number of nitrogens with one attached hydrogen (secondary N) is 2. The zero-order chi connectivity index (χ0) is 25.5. The zero-order valence-corrected chi connectivity index (χ0v) is 20.6. The number of rotatable bonds is 9. The van der Waals surface area contributed by atoms with E-state index in [2.05, 4.69) is 10.6 Å². The normalized spacial score (nSPS) is 13.4. The van der Waals surface area contributed by atoms with Gasteiger partial charge in [-0.15, -0.1) is 0 Å². The highest BCUT2D eigenvalue weighted by Crippen LogP contribution is 2.23. The third kappa shape index (κ3) is 5.83. The average Bonchev–Trinajstić information content (AvgIpc) is 3.31. The van der Waals surface area contributed by atoms with Crippen molar-refractivity contribution >= 4 is 17.8 Å². The number of carbonyl (C=O) groups is 3. The van der Waals surface area contributed by atoms with E-state index in [1.807, 2.05) is 66.1 Å². The molecule has 4 rings (SSSR count). The Morgan fingerprint density at radius 3 is 2.44 bits per heavy atom. The minimum Gasteiger partial charge on any atom is -0.469 e. The third-order valence-corrected chi connectivity index (χ3v) is 6.35. The lowest BCUT2D eigenvalue weighted by atomic mass is 10.0. The summed E-state index contributed by atoms with van der Waals surface area (Å²) in [5.74, 6) is -0.780. The zero-order valence-electron chi connectivity index (χ0n) is 20.6. The number of carbonyl (C=O) groups excluding carboxylic acids is 3. The predicted octanol–water partition coefficient (Wildman–Crippen LogP) is 3.54. The molecular formula is C28H31N3O5. The number of fused-ring (bicyclic) bond motifs is 1. The Kier molecular flexibility index (Phi) is 8.17. The molecule has 2 amide bonds. The molecule has 1 aliphatic rings. The van der Waals surface area contributed by atoms with E-state index >= 15 is 0 Å². The van der Waals surface area contributed by atoms with Crippen molar-refractivity contribution < 1.29 is 23.9 Å². The van der Waals surface area contributed by atoms with Crippen LogP contribution in [0.1, 0.15) is 62.6 Å². The summed E-state index contributed by atoms with van der Waals surface area (Å²) >= 11 is 0. The van der Waals surface area contributed by atoms with Crippen LogP contribution in [-0.4, -0.2) is 36.1 Å². The summed E-state index contributed by atoms with van der Waals surface area (Å²) in [6.45, 7) is 3.61. The van der Waals surface area contributed by atoms with Gasteiger partial charge in [-0.25, -0.2) is 0 Å². The second-order valence-electron chi connectivity index (χ2n) is 8.69. The van der Waals surface area contributed by atoms with Crippen molar-refractivity contribution in [3.05, 3.63) is 94.3 Å². The Hall–Kier alpha value is -3.91. The first-order valence-electron chi connectivity index (χ1n) is 12.1. The monoisotopic (exact) mass is 489 g/mol. The number of aromatic nitrogens is 1. The predicted molar refractivity (Wildman–Crippen MR) is 134 cm³/mol. The van der Waals surface area contributed by atoms with Crippen molar-refractivity contribution in [3.8, 4) is 0 Å². The topological polar surface area (TPSA) is 98.7 Å². The van der Waals surface area contributed by atoms with Gasteiger partial charge in [-0.3, -0.25) is 14.4 Å².